The van der Waals surface area contributed by atoms with Crippen molar-refractivity contribution in [3.63, 3.8) is 0 Å². The van der Waals surface area contributed by atoms with Gasteiger partial charge in [0, 0.05) is 32.0 Å². The standard InChI is InChI=1S/C21H20ClF3N6O2/c1-29-17-3-2-13(28-16-4-5-27-19(22)15(16)9-26)8-18(17)31(20(29)32)10-14-11-33-7-6-30(14)12-21(23,24)25/h2-5,8,14H,6-7,10-12H2,1H3,(H,27,28). The van der Waals surface area contributed by atoms with Crippen LogP contribution in [0, 0.1) is 11.3 Å². The molecule has 1 N–H and O–H groups in total. The topological polar surface area (TPSA) is 88.1 Å². The Morgan fingerprint density at radius 3 is 2.85 bits per heavy atom. The number of hydrogen-bond acceptors (Lipinski definition) is 6. The molecule has 8 nitrogen and oxygen atoms in total. The number of aromatic nitrogens is 3. The maximum absolute atomic E-state index is 13.0. The number of morpholine rings is 1. The average molecular weight is 481 g/mol. The van der Waals surface area contributed by atoms with E-state index in [0.29, 0.717) is 22.4 Å². The van der Waals surface area contributed by atoms with Crippen LogP contribution in [0.15, 0.2) is 35.3 Å². The van der Waals surface area contributed by atoms with Crippen LogP contribution in [0.4, 0.5) is 24.5 Å². The van der Waals surface area contributed by atoms with Crippen LogP contribution in [-0.2, 0) is 18.3 Å². The van der Waals surface area contributed by atoms with Crippen LogP contribution >= 0.6 is 11.6 Å². The molecule has 174 valence electrons. The van der Waals surface area contributed by atoms with Gasteiger partial charge >= 0.3 is 11.9 Å². The minimum atomic E-state index is -4.35. The summed E-state index contributed by atoms with van der Waals surface area (Å²) in [5.41, 5.74) is 2.02. The average Bonchev–Trinajstić information content (AvgIpc) is 2.99. The van der Waals surface area contributed by atoms with E-state index in [1.165, 1.54) is 20.2 Å². The summed E-state index contributed by atoms with van der Waals surface area (Å²) in [4.78, 5) is 18.1. The number of anilines is 2. The summed E-state index contributed by atoms with van der Waals surface area (Å²) in [6.45, 7) is -0.581. The highest BCUT2D eigenvalue weighted by atomic mass is 35.5. The molecule has 1 atom stereocenters. The van der Waals surface area contributed by atoms with E-state index in [9.17, 15) is 23.2 Å². The molecular weight excluding hydrogens is 461 g/mol. The predicted molar refractivity (Wildman–Crippen MR) is 117 cm³/mol. The molecule has 12 heteroatoms. The van der Waals surface area contributed by atoms with Gasteiger partial charge in [0.1, 0.15) is 16.8 Å². The molecule has 1 unspecified atom stereocenters. The molecule has 1 aromatic carbocycles. The van der Waals surface area contributed by atoms with Crippen LogP contribution in [0.25, 0.3) is 11.0 Å². The number of rotatable bonds is 5. The molecule has 0 radical (unpaired) electrons. The van der Waals surface area contributed by atoms with Crippen molar-refractivity contribution in [2.75, 3.05) is 31.6 Å². The van der Waals surface area contributed by atoms with Gasteiger partial charge in [-0.2, -0.15) is 18.4 Å². The summed E-state index contributed by atoms with van der Waals surface area (Å²) in [7, 11) is 1.61. The highest BCUT2D eigenvalue weighted by Gasteiger charge is 2.36. The van der Waals surface area contributed by atoms with Crippen molar-refractivity contribution in [3.8, 4) is 6.07 Å². The smallest absolute Gasteiger partial charge is 0.378 e. The zero-order chi connectivity index (χ0) is 23.8. The van der Waals surface area contributed by atoms with Crippen molar-refractivity contribution in [2.45, 2.75) is 18.8 Å². The number of ether oxygens (including phenoxy) is 1. The van der Waals surface area contributed by atoms with E-state index >= 15 is 0 Å². The fourth-order valence-electron chi connectivity index (χ4n) is 3.97. The number of benzene rings is 1. The first-order valence-corrected chi connectivity index (χ1v) is 10.4. The summed E-state index contributed by atoms with van der Waals surface area (Å²) in [6, 6.07) is 8.17. The Morgan fingerprint density at radius 2 is 2.12 bits per heavy atom. The molecule has 1 aliphatic rings. The predicted octanol–water partition coefficient (Wildman–Crippen LogP) is 3.27. The molecular formula is C21H20ClF3N6O2. The lowest BCUT2D eigenvalue weighted by molar-refractivity contribution is -0.163. The van der Waals surface area contributed by atoms with Crippen molar-refractivity contribution in [1.29, 1.82) is 5.26 Å². The van der Waals surface area contributed by atoms with Crippen LogP contribution in [0.3, 0.4) is 0 Å². The lowest BCUT2D eigenvalue weighted by atomic mass is 10.2. The minimum Gasteiger partial charge on any atom is -0.378 e. The third-order valence-electron chi connectivity index (χ3n) is 5.57. The molecule has 0 bridgehead atoms. The molecule has 0 aliphatic carbocycles. The van der Waals surface area contributed by atoms with Crippen LogP contribution in [0.1, 0.15) is 5.56 Å². The SMILES string of the molecule is Cn1c(=O)n(CC2COCCN2CC(F)(F)F)c2cc(Nc3ccnc(Cl)c3C#N)ccc21. The molecule has 33 heavy (non-hydrogen) atoms. The van der Waals surface area contributed by atoms with Crippen LogP contribution < -0.4 is 11.0 Å². The number of alkyl halides is 3. The highest BCUT2D eigenvalue weighted by Crippen LogP contribution is 2.27. The minimum absolute atomic E-state index is 0.0419. The Labute approximate surface area is 191 Å². The summed E-state index contributed by atoms with van der Waals surface area (Å²) in [5, 5.41) is 12.5. The van der Waals surface area contributed by atoms with Gasteiger partial charge in [-0.3, -0.25) is 14.0 Å². The first-order chi connectivity index (χ1) is 15.7. The Hall–Kier alpha value is -3.07. The Kier molecular flexibility index (Phi) is 6.34. The number of nitrogens with one attached hydrogen (secondary N) is 1. The quantitative estimate of drug-likeness (QED) is 0.564. The molecule has 4 rings (SSSR count). The Balaban J connectivity index is 1.69. The molecule has 0 spiro atoms. The van der Waals surface area contributed by atoms with Crippen molar-refractivity contribution in [3.05, 3.63) is 51.7 Å². The number of aryl methyl sites for hydroxylation is 1. The van der Waals surface area contributed by atoms with Crippen molar-refractivity contribution in [2.24, 2.45) is 7.05 Å². The zero-order valence-electron chi connectivity index (χ0n) is 17.6. The lowest BCUT2D eigenvalue weighted by Crippen LogP contribution is -2.51. The number of imidazole rings is 1. The lowest BCUT2D eigenvalue weighted by Gasteiger charge is -2.36. The normalized spacial score (nSPS) is 17.3. The van der Waals surface area contributed by atoms with Gasteiger partial charge in [0.05, 0.1) is 42.5 Å². The van der Waals surface area contributed by atoms with Gasteiger partial charge in [-0.1, -0.05) is 11.6 Å². The molecule has 1 aliphatic heterocycles. The first-order valence-electron chi connectivity index (χ1n) is 10.1. The molecule has 0 amide bonds. The van der Waals surface area contributed by atoms with E-state index < -0.39 is 18.8 Å². The Morgan fingerprint density at radius 1 is 1.33 bits per heavy atom. The fraction of sp³-hybridized carbons (Fsp3) is 0.381. The molecule has 2 aromatic heterocycles. The molecule has 1 saturated heterocycles. The third-order valence-corrected chi connectivity index (χ3v) is 5.85. The van der Waals surface area contributed by atoms with E-state index in [4.69, 9.17) is 16.3 Å². The number of pyridine rings is 1. The molecule has 0 saturated carbocycles. The van der Waals surface area contributed by atoms with Gasteiger partial charge in [0.15, 0.2) is 0 Å². The summed E-state index contributed by atoms with van der Waals surface area (Å²) >= 11 is 5.99. The second kappa shape index (κ2) is 9.05. The number of halogens is 4. The van der Waals surface area contributed by atoms with E-state index in [2.05, 4.69) is 10.3 Å². The van der Waals surface area contributed by atoms with Crippen molar-refractivity contribution < 1.29 is 17.9 Å². The monoisotopic (exact) mass is 480 g/mol. The first kappa shape index (κ1) is 23.1. The fourth-order valence-corrected chi connectivity index (χ4v) is 4.17. The highest BCUT2D eigenvalue weighted by molar-refractivity contribution is 6.31. The maximum Gasteiger partial charge on any atom is 0.401 e. The molecule has 3 heterocycles. The van der Waals surface area contributed by atoms with Gasteiger partial charge < -0.3 is 10.1 Å². The zero-order valence-corrected chi connectivity index (χ0v) is 18.3. The van der Waals surface area contributed by atoms with E-state index in [-0.39, 0.29) is 42.7 Å². The van der Waals surface area contributed by atoms with Crippen LogP contribution in [0.5, 0.6) is 0 Å². The second-order valence-electron chi connectivity index (χ2n) is 7.73. The van der Waals surface area contributed by atoms with Crippen LogP contribution in [-0.4, -0.2) is 57.5 Å². The number of nitriles is 1. The van der Waals surface area contributed by atoms with Crippen molar-refractivity contribution >= 4 is 34.0 Å². The molecule has 1 fully saturated rings. The second-order valence-corrected chi connectivity index (χ2v) is 8.09. The third kappa shape index (κ3) is 4.83. The largest absolute Gasteiger partial charge is 0.401 e. The Bertz CT molecular complexity index is 1280. The molecule has 3 aromatic rings. The van der Waals surface area contributed by atoms with E-state index in [1.807, 2.05) is 6.07 Å². The summed E-state index contributed by atoms with van der Waals surface area (Å²) < 4.78 is 47.4. The summed E-state index contributed by atoms with van der Waals surface area (Å²) in [6.07, 6.45) is -2.89. The van der Waals surface area contributed by atoms with Gasteiger partial charge in [-0.15, -0.1) is 0 Å². The number of fused-ring (bicyclic) bond motifs is 1. The number of hydrogen-bond donors (Lipinski definition) is 1. The van der Waals surface area contributed by atoms with Crippen molar-refractivity contribution in [1.82, 2.24) is 19.0 Å². The van der Waals surface area contributed by atoms with Gasteiger partial charge in [0.25, 0.3) is 0 Å². The van der Waals surface area contributed by atoms with Gasteiger partial charge in [-0.05, 0) is 24.3 Å². The van der Waals surface area contributed by atoms with Gasteiger partial charge in [-0.25, -0.2) is 9.78 Å². The van der Waals surface area contributed by atoms with E-state index in [1.54, 1.807) is 31.3 Å². The summed E-state index contributed by atoms with van der Waals surface area (Å²) in [5.74, 6) is 0. The van der Waals surface area contributed by atoms with Crippen LogP contribution in [0.2, 0.25) is 5.15 Å². The van der Waals surface area contributed by atoms with Gasteiger partial charge in [0.2, 0.25) is 0 Å². The maximum atomic E-state index is 13.0. The number of nitrogens with zero attached hydrogens (tertiary/aromatic N) is 5. The van der Waals surface area contributed by atoms with E-state index in [0.717, 1.165) is 0 Å².